The topological polar surface area (TPSA) is 57.8 Å². The number of aromatic nitrogens is 2. The number of ketones is 1. The number of likely N-dealkylation sites (N-methyl/N-ethyl adjacent to an activating group) is 1. The van der Waals surface area contributed by atoms with Gasteiger partial charge in [-0.2, -0.15) is 5.10 Å². The molecule has 0 aliphatic carbocycles. The molecule has 0 atom stereocenters. The van der Waals surface area contributed by atoms with Crippen molar-refractivity contribution in [3.63, 3.8) is 0 Å². The lowest BCUT2D eigenvalue weighted by molar-refractivity contribution is 0.0990. The van der Waals surface area contributed by atoms with Crippen molar-refractivity contribution in [3.05, 3.63) is 29.5 Å². The fraction of sp³-hybridized carbons (Fsp3) is 0.273. The first-order chi connectivity index (χ1) is 7.22. The Morgan fingerprint density at radius 1 is 1.53 bits per heavy atom. The molecule has 0 spiro atoms. The van der Waals surface area contributed by atoms with Crippen LogP contribution in [0.2, 0.25) is 0 Å². The second kappa shape index (κ2) is 3.82. The average Bonchev–Trinajstić information content (AvgIpc) is 2.60. The number of nitrogens with one attached hydrogen (secondary N) is 2. The summed E-state index contributed by atoms with van der Waals surface area (Å²) in [7, 11) is 1.75. The zero-order chi connectivity index (χ0) is 10.8. The summed E-state index contributed by atoms with van der Waals surface area (Å²) < 4.78 is 0. The summed E-state index contributed by atoms with van der Waals surface area (Å²) >= 11 is 0. The highest BCUT2D eigenvalue weighted by molar-refractivity contribution is 6.06. The molecule has 2 rings (SSSR count). The smallest absolute Gasteiger partial charge is 0.197 e. The summed E-state index contributed by atoms with van der Waals surface area (Å²) in [6.45, 7) is 2.31. The molecule has 0 unspecified atom stereocenters. The van der Waals surface area contributed by atoms with Gasteiger partial charge in [-0.1, -0.05) is 11.6 Å². The van der Waals surface area contributed by atoms with Crippen LogP contribution in [0, 0.1) is 6.92 Å². The van der Waals surface area contributed by atoms with Crippen LogP contribution in [0.1, 0.15) is 16.1 Å². The maximum absolute atomic E-state index is 11.7. The van der Waals surface area contributed by atoms with Gasteiger partial charge in [0.15, 0.2) is 5.78 Å². The fourth-order valence-corrected chi connectivity index (χ4v) is 1.58. The number of carbonyl (C=O) groups is 1. The first-order valence-corrected chi connectivity index (χ1v) is 4.85. The molecular formula is C11H13N3O. The van der Waals surface area contributed by atoms with Gasteiger partial charge in [0.25, 0.3) is 0 Å². The largest absolute Gasteiger partial charge is 0.313 e. The normalized spacial score (nSPS) is 10.8. The Kier molecular flexibility index (Phi) is 2.51. The van der Waals surface area contributed by atoms with Crippen molar-refractivity contribution >= 4 is 16.7 Å². The minimum absolute atomic E-state index is 0.00866. The van der Waals surface area contributed by atoms with Crippen molar-refractivity contribution in [1.82, 2.24) is 15.5 Å². The zero-order valence-electron chi connectivity index (χ0n) is 8.79. The molecule has 15 heavy (non-hydrogen) atoms. The van der Waals surface area contributed by atoms with E-state index in [0.717, 1.165) is 16.5 Å². The highest BCUT2D eigenvalue weighted by Crippen LogP contribution is 2.17. The van der Waals surface area contributed by atoms with Crippen LogP contribution in [0.15, 0.2) is 18.2 Å². The Balaban J connectivity index is 2.52. The molecule has 0 saturated heterocycles. The molecule has 0 amide bonds. The number of carbonyl (C=O) groups excluding carboxylic acids is 1. The zero-order valence-corrected chi connectivity index (χ0v) is 8.79. The molecule has 1 aromatic carbocycles. The van der Waals surface area contributed by atoms with Crippen LogP contribution in [0.25, 0.3) is 10.9 Å². The first-order valence-electron chi connectivity index (χ1n) is 4.85. The van der Waals surface area contributed by atoms with Gasteiger partial charge in [-0.05, 0) is 26.1 Å². The number of nitrogens with zero attached hydrogens (tertiary/aromatic N) is 1. The predicted molar refractivity (Wildman–Crippen MR) is 59.1 cm³/mol. The fourth-order valence-electron chi connectivity index (χ4n) is 1.58. The molecule has 0 saturated carbocycles. The number of aryl methyl sites for hydroxylation is 1. The number of benzene rings is 1. The third-order valence-corrected chi connectivity index (χ3v) is 2.32. The lowest BCUT2D eigenvalue weighted by Gasteiger charge is -1.97. The van der Waals surface area contributed by atoms with Gasteiger partial charge in [0.05, 0.1) is 12.1 Å². The van der Waals surface area contributed by atoms with Crippen LogP contribution in [0.3, 0.4) is 0 Å². The monoisotopic (exact) mass is 203 g/mol. The third kappa shape index (κ3) is 1.76. The van der Waals surface area contributed by atoms with E-state index >= 15 is 0 Å². The molecule has 1 aromatic heterocycles. The third-order valence-electron chi connectivity index (χ3n) is 2.32. The summed E-state index contributed by atoms with van der Waals surface area (Å²) in [5.74, 6) is 0.00866. The average molecular weight is 203 g/mol. The molecule has 4 heteroatoms. The Morgan fingerprint density at radius 2 is 2.33 bits per heavy atom. The summed E-state index contributed by atoms with van der Waals surface area (Å²) in [5.41, 5.74) is 2.55. The van der Waals surface area contributed by atoms with Crippen LogP contribution >= 0.6 is 0 Å². The van der Waals surface area contributed by atoms with Crippen LogP contribution in [0.4, 0.5) is 0 Å². The molecule has 1 heterocycles. The Hall–Kier alpha value is -1.68. The molecule has 0 aliphatic rings. The molecule has 78 valence electrons. The van der Waals surface area contributed by atoms with Crippen LogP contribution < -0.4 is 5.32 Å². The van der Waals surface area contributed by atoms with E-state index < -0.39 is 0 Å². The molecule has 0 radical (unpaired) electrons. The summed E-state index contributed by atoms with van der Waals surface area (Å²) in [6, 6.07) is 5.91. The van der Waals surface area contributed by atoms with Crippen LogP contribution in [-0.2, 0) is 0 Å². The number of fused-ring (bicyclic) bond motifs is 1. The molecule has 0 fully saturated rings. The van der Waals surface area contributed by atoms with E-state index in [1.165, 1.54) is 0 Å². The second-order valence-electron chi connectivity index (χ2n) is 3.57. The number of Topliss-reactive ketones (excluding diaryl/α,β-unsaturated/α-hetero) is 1. The molecule has 0 aliphatic heterocycles. The van der Waals surface area contributed by atoms with Gasteiger partial charge in [-0.3, -0.25) is 9.89 Å². The quantitative estimate of drug-likeness (QED) is 0.739. The van der Waals surface area contributed by atoms with Crippen molar-refractivity contribution in [2.45, 2.75) is 6.92 Å². The minimum Gasteiger partial charge on any atom is -0.313 e. The summed E-state index contributed by atoms with van der Waals surface area (Å²) in [6.07, 6.45) is 0. The van der Waals surface area contributed by atoms with Gasteiger partial charge in [-0.25, -0.2) is 0 Å². The van der Waals surface area contributed by atoms with Crippen molar-refractivity contribution < 1.29 is 4.79 Å². The van der Waals surface area contributed by atoms with E-state index in [9.17, 15) is 4.79 Å². The number of rotatable bonds is 3. The summed E-state index contributed by atoms with van der Waals surface area (Å²) in [5, 5.41) is 10.6. The highest BCUT2D eigenvalue weighted by Gasteiger charge is 2.12. The summed E-state index contributed by atoms with van der Waals surface area (Å²) in [4.78, 5) is 11.7. The lowest BCUT2D eigenvalue weighted by Crippen LogP contribution is -2.19. The molecule has 2 N–H and O–H groups in total. The maximum atomic E-state index is 11.7. The van der Waals surface area contributed by atoms with Gasteiger partial charge >= 0.3 is 0 Å². The van der Waals surface area contributed by atoms with E-state index in [1.54, 1.807) is 7.05 Å². The van der Waals surface area contributed by atoms with Gasteiger partial charge < -0.3 is 5.32 Å². The van der Waals surface area contributed by atoms with Gasteiger partial charge in [0.1, 0.15) is 5.69 Å². The van der Waals surface area contributed by atoms with Gasteiger partial charge in [-0.15, -0.1) is 0 Å². The minimum atomic E-state index is 0.00866. The standard InChI is InChI=1S/C11H13N3O/c1-7-3-4-9-8(5-7)11(14-13-9)10(15)6-12-2/h3-5,12H,6H2,1-2H3,(H,13,14). The number of hydrogen-bond acceptors (Lipinski definition) is 3. The Labute approximate surface area is 87.7 Å². The second-order valence-corrected chi connectivity index (χ2v) is 3.57. The Morgan fingerprint density at radius 3 is 3.07 bits per heavy atom. The van der Waals surface area contributed by atoms with Crippen LogP contribution in [-0.4, -0.2) is 29.6 Å². The number of hydrogen-bond donors (Lipinski definition) is 2. The van der Waals surface area contributed by atoms with Crippen molar-refractivity contribution in [1.29, 1.82) is 0 Å². The van der Waals surface area contributed by atoms with E-state index in [1.807, 2.05) is 25.1 Å². The molecule has 4 nitrogen and oxygen atoms in total. The SMILES string of the molecule is CNCC(=O)c1n[nH]c2ccc(C)cc12. The van der Waals surface area contributed by atoms with Gasteiger partial charge in [0.2, 0.25) is 0 Å². The first kappa shape index (κ1) is 9.86. The lowest BCUT2D eigenvalue weighted by atomic mass is 10.1. The Bertz CT molecular complexity index is 502. The highest BCUT2D eigenvalue weighted by atomic mass is 16.1. The van der Waals surface area contributed by atoms with Crippen LogP contribution in [0.5, 0.6) is 0 Å². The number of H-pyrrole nitrogens is 1. The van der Waals surface area contributed by atoms with E-state index in [4.69, 9.17) is 0 Å². The molecule has 0 bridgehead atoms. The van der Waals surface area contributed by atoms with Crippen molar-refractivity contribution in [2.75, 3.05) is 13.6 Å². The van der Waals surface area contributed by atoms with Gasteiger partial charge in [0, 0.05) is 5.39 Å². The maximum Gasteiger partial charge on any atom is 0.197 e. The predicted octanol–water partition coefficient (Wildman–Crippen LogP) is 1.27. The number of aromatic amines is 1. The van der Waals surface area contributed by atoms with Crippen molar-refractivity contribution in [3.8, 4) is 0 Å². The van der Waals surface area contributed by atoms with E-state index in [2.05, 4.69) is 15.5 Å². The van der Waals surface area contributed by atoms with Crippen molar-refractivity contribution in [2.24, 2.45) is 0 Å². The van der Waals surface area contributed by atoms with E-state index in [-0.39, 0.29) is 5.78 Å². The van der Waals surface area contributed by atoms with E-state index in [0.29, 0.717) is 12.2 Å². The molecular weight excluding hydrogens is 190 g/mol. The molecule has 2 aromatic rings.